The predicted molar refractivity (Wildman–Crippen MR) is 92.1 cm³/mol. The van der Waals surface area contributed by atoms with Crippen molar-refractivity contribution in [2.24, 2.45) is 7.05 Å². The van der Waals surface area contributed by atoms with Gasteiger partial charge in [0.1, 0.15) is 0 Å². The third-order valence-corrected chi connectivity index (χ3v) is 5.43. The standard InChI is InChI=1S/C15H12Br2N2S/c1-19-14-5-3-2-4-13(14)18-15(19)20-9-10-6-7-11(16)8-12(10)17/h2-8H,9H2,1H3. The zero-order valence-corrected chi connectivity index (χ0v) is 14.8. The summed E-state index contributed by atoms with van der Waals surface area (Å²) in [6, 6.07) is 14.5. The Balaban J connectivity index is 1.85. The molecule has 1 heterocycles. The lowest BCUT2D eigenvalue weighted by atomic mass is 10.2. The first-order valence-corrected chi connectivity index (χ1v) is 8.70. The molecule has 5 heteroatoms. The van der Waals surface area contributed by atoms with E-state index in [-0.39, 0.29) is 0 Å². The summed E-state index contributed by atoms with van der Waals surface area (Å²) in [4.78, 5) is 4.68. The van der Waals surface area contributed by atoms with Crippen LogP contribution in [0.2, 0.25) is 0 Å². The number of imidazole rings is 1. The number of hydrogen-bond donors (Lipinski definition) is 0. The average Bonchev–Trinajstić information content (AvgIpc) is 2.75. The first-order valence-electron chi connectivity index (χ1n) is 6.13. The third kappa shape index (κ3) is 2.80. The van der Waals surface area contributed by atoms with Gasteiger partial charge in [-0.1, -0.05) is 61.8 Å². The van der Waals surface area contributed by atoms with Crippen molar-refractivity contribution in [2.75, 3.05) is 0 Å². The fourth-order valence-electron chi connectivity index (χ4n) is 2.03. The predicted octanol–water partition coefficient (Wildman–Crippen LogP) is 5.39. The zero-order valence-electron chi connectivity index (χ0n) is 10.8. The second kappa shape index (κ2) is 5.92. The summed E-state index contributed by atoms with van der Waals surface area (Å²) in [6.07, 6.45) is 0. The van der Waals surface area contributed by atoms with Crippen LogP contribution in [0.4, 0.5) is 0 Å². The Morgan fingerprint density at radius 2 is 1.95 bits per heavy atom. The van der Waals surface area contributed by atoms with Gasteiger partial charge in [0.15, 0.2) is 5.16 Å². The molecule has 20 heavy (non-hydrogen) atoms. The van der Waals surface area contributed by atoms with Crippen molar-refractivity contribution in [1.29, 1.82) is 0 Å². The van der Waals surface area contributed by atoms with E-state index in [9.17, 15) is 0 Å². The van der Waals surface area contributed by atoms with Crippen LogP contribution in [0.1, 0.15) is 5.56 Å². The largest absolute Gasteiger partial charge is 0.322 e. The van der Waals surface area contributed by atoms with Crippen LogP contribution in [0, 0.1) is 0 Å². The van der Waals surface area contributed by atoms with E-state index in [2.05, 4.69) is 78.8 Å². The van der Waals surface area contributed by atoms with Crippen LogP contribution in [0.15, 0.2) is 56.6 Å². The van der Waals surface area contributed by atoms with Gasteiger partial charge in [-0.2, -0.15) is 0 Å². The summed E-state index contributed by atoms with van der Waals surface area (Å²) >= 11 is 8.83. The Bertz CT molecular complexity index is 768. The quantitative estimate of drug-likeness (QED) is 0.537. The van der Waals surface area contributed by atoms with Crippen LogP contribution in [0.5, 0.6) is 0 Å². The van der Waals surface area contributed by atoms with Gasteiger partial charge >= 0.3 is 0 Å². The van der Waals surface area contributed by atoms with Gasteiger partial charge in [-0.05, 0) is 29.8 Å². The lowest BCUT2D eigenvalue weighted by molar-refractivity contribution is 0.815. The summed E-state index contributed by atoms with van der Waals surface area (Å²) in [7, 11) is 2.06. The molecule has 0 spiro atoms. The van der Waals surface area contributed by atoms with Gasteiger partial charge in [-0.15, -0.1) is 0 Å². The summed E-state index contributed by atoms with van der Waals surface area (Å²) < 4.78 is 4.35. The Kier molecular flexibility index (Phi) is 4.19. The summed E-state index contributed by atoms with van der Waals surface area (Å²) in [5.74, 6) is 0.894. The first-order chi connectivity index (χ1) is 9.65. The van der Waals surface area contributed by atoms with E-state index in [1.54, 1.807) is 11.8 Å². The maximum absolute atomic E-state index is 4.68. The fourth-order valence-corrected chi connectivity index (χ4v) is 4.40. The molecule has 0 aliphatic rings. The summed E-state index contributed by atoms with van der Waals surface area (Å²) in [5, 5.41) is 1.04. The van der Waals surface area contributed by atoms with Gasteiger partial charge < -0.3 is 4.57 Å². The molecule has 0 saturated heterocycles. The number of thioether (sulfide) groups is 1. The number of hydrogen-bond acceptors (Lipinski definition) is 2. The van der Waals surface area contributed by atoms with Crippen molar-refractivity contribution < 1.29 is 0 Å². The van der Waals surface area contributed by atoms with E-state index in [1.165, 1.54) is 11.1 Å². The van der Waals surface area contributed by atoms with Crippen molar-refractivity contribution in [2.45, 2.75) is 10.9 Å². The molecule has 0 aliphatic heterocycles. The third-order valence-electron chi connectivity index (χ3n) is 3.12. The second-order valence-electron chi connectivity index (χ2n) is 4.47. The molecular weight excluding hydrogens is 400 g/mol. The molecule has 3 rings (SSSR count). The number of aryl methyl sites for hydroxylation is 1. The van der Waals surface area contributed by atoms with Gasteiger partial charge in [0.2, 0.25) is 0 Å². The van der Waals surface area contributed by atoms with Gasteiger partial charge in [0, 0.05) is 21.7 Å². The summed E-state index contributed by atoms with van der Waals surface area (Å²) in [6.45, 7) is 0. The van der Waals surface area contributed by atoms with E-state index in [0.29, 0.717) is 0 Å². The Morgan fingerprint density at radius 1 is 1.15 bits per heavy atom. The smallest absolute Gasteiger partial charge is 0.169 e. The van der Waals surface area contributed by atoms with Crippen molar-refractivity contribution in [3.63, 3.8) is 0 Å². The van der Waals surface area contributed by atoms with E-state index >= 15 is 0 Å². The highest BCUT2D eigenvalue weighted by Gasteiger charge is 2.09. The number of aromatic nitrogens is 2. The van der Waals surface area contributed by atoms with Gasteiger partial charge in [-0.25, -0.2) is 4.98 Å². The van der Waals surface area contributed by atoms with Crippen LogP contribution in [0.25, 0.3) is 11.0 Å². The number of benzene rings is 2. The highest BCUT2D eigenvalue weighted by Crippen LogP contribution is 2.29. The van der Waals surface area contributed by atoms with Gasteiger partial charge in [-0.3, -0.25) is 0 Å². The second-order valence-corrected chi connectivity index (χ2v) is 7.18. The van der Waals surface area contributed by atoms with Gasteiger partial charge in [0.25, 0.3) is 0 Å². The monoisotopic (exact) mass is 410 g/mol. The normalized spacial score (nSPS) is 11.2. The molecule has 0 amide bonds. The van der Waals surface area contributed by atoms with Crippen LogP contribution in [-0.4, -0.2) is 9.55 Å². The fraction of sp³-hybridized carbons (Fsp3) is 0.133. The number of rotatable bonds is 3. The van der Waals surface area contributed by atoms with Crippen molar-refractivity contribution in [3.05, 3.63) is 57.0 Å². The number of fused-ring (bicyclic) bond motifs is 1. The van der Waals surface area contributed by atoms with E-state index in [1.807, 2.05) is 12.1 Å². The number of para-hydroxylation sites is 2. The number of nitrogens with zero attached hydrogens (tertiary/aromatic N) is 2. The van der Waals surface area contributed by atoms with E-state index < -0.39 is 0 Å². The Morgan fingerprint density at radius 3 is 2.70 bits per heavy atom. The van der Waals surface area contributed by atoms with Crippen LogP contribution < -0.4 is 0 Å². The zero-order chi connectivity index (χ0) is 14.1. The Labute approximate surface area is 138 Å². The molecule has 0 radical (unpaired) electrons. The maximum Gasteiger partial charge on any atom is 0.169 e. The minimum absolute atomic E-state index is 0.894. The van der Waals surface area contributed by atoms with Crippen LogP contribution in [0.3, 0.4) is 0 Å². The molecule has 0 unspecified atom stereocenters. The Hall–Kier alpha value is -0.780. The van der Waals surface area contributed by atoms with Crippen molar-refractivity contribution in [1.82, 2.24) is 9.55 Å². The van der Waals surface area contributed by atoms with Crippen LogP contribution >= 0.6 is 43.6 Å². The van der Waals surface area contributed by atoms with Gasteiger partial charge in [0.05, 0.1) is 11.0 Å². The van der Waals surface area contributed by atoms with E-state index in [0.717, 1.165) is 25.4 Å². The minimum atomic E-state index is 0.894. The SMILES string of the molecule is Cn1c(SCc2ccc(Br)cc2Br)nc2ccccc21. The first kappa shape index (κ1) is 14.2. The number of halogens is 2. The average molecular weight is 412 g/mol. The molecule has 0 aliphatic carbocycles. The molecular formula is C15H12Br2N2S. The van der Waals surface area contributed by atoms with E-state index in [4.69, 9.17) is 0 Å². The van der Waals surface area contributed by atoms with Crippen molar-refractivity contribution >= 4 is 54.7 Å². The topological polar surface area (TPSA) is 17.8 Å². The molecule has 102 valence electrons. The van der Waals surface area contributed by atoms with Crippen molar-refractivity contribution in [3.8, 4) is 0 Å². The molecule has 2 nitrogen and oxygen atoms in total. The molecule has 0 bridgehead atoms. The molecule has 0 atom stereocenters. The maximum atomic E-state index is 4.68. The molecule has 1 aromatic heterocycles. The summed E-state index contributed by atoms with van der Waals surface area (Å²) in [5.41, 5.74) is 3.49. The lowest BCUT2D eigenvalue weighted by Crippen LogP contribution is -1.91. The molecule has 2 aromatic carbocycles. The molecule has 0 fully saturated rings. The van der Waals surface area contributed by atoms with Crippen LogP contribution in [-0.2, 0) is 12.8 Å². The highest BCUT2D eigenvalue weighted by atomic mass is 79.9. The lowest BCUT2D eigenvalue weighted by Gasteiger charge is -2.05. The molecule has 0 saturated carbocycles. The minimum Gasteiger partial charge on any atom is -0.322 e. The highest BCUT2D eigenvalue weighted by molar-refractivity contribution is 9.11. The molecule has 0 N–H and O–H groups in total. The molecule has 3 aromatic rings.